The molecule has 0 atom stereocenters. The SMILES string of the molecule is Nc1nc(-c2ccc(O)c(O)c2)cc(-c2ccccc2F)c1C1=NC1. The molecule has 124 valence electrons. The minimum absolute atomic E-state index is 0.227. The van der Waals surface area contributed by atoms with Crippen molar-refractivity contribution >= 4 is 11.5 Å². The minimum atomic E-state index is -0.366. The molecular formula is C19H14FN3O2. The number of anilines is 1. The molecule has 0 amide bonds. The number of nitrogens with zero attached hydrogens (tertiary/aromatic N) is 2. The third kappa shape index (κ3) is 2.67. The summed E-state index contributed by atoms with van der Waals surface area (Å²) in [6.45, 7) is 0.562. The summed E-state index contributed by atoms with van der Waals surface area (Å²) in [6, 6.07) is 12.5. The first kappa shape index (κ1) is 15.1. The van der Waals surface area contributed by atoms with E-state index in [2.05, 4.69) is 9.98 Å². The number of benzene rings is 2. The highest BCUT2D eigenvalue weighted by atomic mass is 19.1. The summed E-state index contributed by atoms with van der Waals surface area (Å²) in [6.07, 6.45) is 0. The van der Waals surface area contributed by atoms with Gasteiger partial charge in [-0.15, -0.1) is 0 Å². The number of aliphatic imine (C=N–C) groups is 1. The van der Waals surface area contributed by atoms with Crippen LogP contribution < -0.4 is 5.73 Å². The average molecular weight is 335 g/mol. The monoisotopic (exact) mass is 335 g/mol. The second-order valence-electron chi connectivity index (χ2n) is 5.76. The third-order valence-electron chi connectivity index (χ3n) is 4.09. The number of halogens is 1. The zero-order chi connectivity index (χ0) is 17.6. The molecule has 2 aromatic carbocycles. The van der Waals surface area contributed by atoms with Gasteiger partial charge in [0.1, 0.15) is 11.6 Å². The van der Waals surface area contributed by atoms with Gasteiger partial charge in [0.25, 0.3) is 0 Å². The maximum absolute atomic E-state index is 14.3. The summed E-state index contributed by atoms with van der Waals surface area (Å²) in [7, 11) is 0. The van der Waals surface area contributed by atoms with Crippen LogP contribution in [0, 0.1) is 5.82 Å². The van der Waals surface area contributed by atoms with E-state index in [1.165, 1.54) is 18.2 Å². The first-order valence-corrected chi connectivity index (χ1v) is 7.66. The van der Waals surface area contributed by atoms with Crippen molar-refractivity contribution in [1.82, 2.24) is 4.98 Å². The van der Waals surface area contributed by atoms with Gasteiger partial charge < -0.3 is 15.9 Å². The Kier molecular flexibility index (Phi) is 3.39. The molecule has 2 heterocycles. The fraction of sp³-hybridized carbons (Fsp3) is 0.0526. The van der Waals surface area contributed by atoms with Crippen molar-refractivity contribution in [2.75, 3.05) is 12.3 Å². The normalized spacial score (nSPS) is 12.8. The molecule has 5 nitrogen and oxygen atoms in total. The standard InChI is InChI=1S/C19H14FN3O2/c20-13-4-2-1-3-11(13)12-8-14(10-5-6-16(24)17(25)7-10)23-19(21)18(12)15-9-22-15/h1-8,24-25H,9H2,(H2,21,23). The number of aromatic hydroxyl groups is 2. The summed E-state index contributed by atoms with van der Waals surface area (Å²) in [4.78, 5) is 8.55. The molecule has 3 aromatic rings. The van der Waals surface area contributed by atoms with E-state index in [0.29, 0.717) is 34.5 Å². The van der Waals surface area contributed by atoms with Crippen LogP contribution >= 0.6 is 0 Å². The summed E-state index contributed by atoms with van der Waals surface area (Å²) >= 11 is 0. The zero-order valence-corrected chi connectivity index (χ0v) is 13.1. The van der Waals surface area contributed by atoms with Gasteiger partial charge in [0.15, 0.2) is 11.5 Å². The van der Waals surface area contributed by atoms with Crippen molar-refractivity contribution in [3.8, 4) is 33.9 Å². The van der Waals surface area contributed by atoms with E-state index in [1.54, 1.807) is 30.3 Å². The van der Waals surface area contributed by atoms with Gasteiger partial charge in [0, 0.05) is 16.7 Å². The summed E-state index contributed by atoms with van der Waals surface area (Å²) < 4.78 is 14.3. The number of nitrogens with two attached hydrogens (primary N) is 1. The highest BCUT2D eigenvalue weighted by Crippen LogP contribution is 2.37. The molecule has 0 radical (unpaired) electrons. The quantitative estimate of drug-likeness (QED) is 0.640. The molecule has 0 saturated carbocycles. The number of phenols is 2. The van der Waals surface area contributed by atoms with E-state index in [-0.39, 0.29) is 23.1 Å². The second-order valence-corrected chi connectivity index (χ2v) is 5.76. The molecule has 0 aliphatic carbocycles. The van der Waals surface area contributed by atoms with Gasteiger partial charge in [-0.3, -0.25) is 4.99 Å². The van der Waals surface area contributed by atoms with Crippen molar-refractivity contribution in [1.29, 1.82) is 0 Å². The van der Waals surface area contributed by atoms with Crippen LogP contribution in [-0.4, -0.2) is 27.5 Å². The molecule has 0 spiro atoms. The van der Waals surface area contributed by atoms with Crippen molar-refractivity contribution in [2.24, 2.45) is 4.99 Å². The first-order chi connectivity index (χ1) is 12.0. The van der Waals surface area contributed by atoms with Crippen LogP contribution in [0.3, 0.4) is 0 Å². The largest absolute Gasteiger partial charge is 0.504 e. The Bertz CT molecular complexity index is 1030. The van der Waals surface area contributed by atoms with Crippen LogP contribution in [0.25, 0.3) is 22.4 Å². The molecule has 0 unspecified atom stereocenters. The lowest BCUT2D eigenvalue weighted by Gasteiger charge is -2.13. The van der Waals surface area contributed by atoms with Gasteiger partial charge in [-0.05, 0) is 35.9 Å². The Labute approximate surface area is 142 Å². The van der Waals surface area contributed by atoms with Crippen LogP contribution in [-0.2, 0) is 0 Å². The molecule has 1 aliphatic heterocycles. The number of hydrogen-bond acceptors (Lipinski definition) is 5. The summed E-state index contributed by atoms with van der Waals surface area (Å²) in [5, 5.41) is 19.2. The van der Waals surface area contributed by atoms with E-state index in [9.17, 15) is 14.6 Å². The minimum Gasteiger partial charge on any atom is -0.504 e. The maximum Gasteiger partial charge on any atom is 0.158 e. The van der Waals surface area contributed by atoms with Gasteiger partial charge in [-0.2, -0.15) is 0 Å². The van der Waals surface area contributed by atoms with Gasteiger partial charge in [0.2, 0.25) is 0 Å². The smallest absolute Gasteiger partial charge is 0.158 e. The van der Waals surface area contributed by atoms with Crippen LogP contribution in [0.15, 0.2) is 53.5 Å². The molecule has 25 heavy (non-hydrogen) atoms. The number of hydrogen-bond donors (Lipinski definition) is 3. The fourth-order valence-electron chi connectivity index (χ4n) is 2.79. The van der Waals surface area contributed by atoms with E-state index >= 15 is 0 Å². The Balaban J connectivity index is 1.95. The van der Waals surface area contributed by atoms with E-state index < -0.39 is 0 Å². The number of aromatic nitrogens is 1. The number of phenolic OH excluding ortho intramolecular Hbond substituents is 2. The topological polar surface area (TPSA) is 91.7 Å². The molecule has 1 aromatic heterocycles. The lowest BCUT2D eigenvalue weighted by molar-refractivity contribution is 0.404. The van der Waals surface area contributed by atoms with Crippen molar-refractivity contribution in [3.63, 3.8) is 0 Å². The number of pyridine rings is 1. The van der Waals surface area contributed by atoms with Crippen molar-refractivity contribution < 1.29 is 14.6 Å². The Morgan fingerprint density at radius 3 is 2.40 bits per heavy atom. The van der Waals surface area contributed by atoms with E-state index in [4.69, 9.17) is 5.73 Å². The van der Waals surface area contributed by atoms with Gasteiger partial charge in [0.05, 0.1) is 18.0 Å². The van der Waals surface area contributed by atoms with Gasteiger partial charge >= 0.3 is 0 Å². The third-order valence-corrected chi connectivity index (χ3v) is 4.09. The summed E-state index contributed by atoms with van der Waals surface area (Å²) in [5.74, 6) is -0.606. The second kappa shape index (κ2) is 5.59. The highest BCUT2D eigenvalue weighted by Gasteiger charge is 2.24. The lowest BCUT2D eigenvalue weighted by atomic mass is 9.96. The Morgan fingerprint density at radius 2 is 1.72 bits per heavy atom. The predicted molar refractivity (Wildman–Crippen MR) is 94.2 cm³/mol. The van der Waals surface area contributed by atoms with Crippen LogP contribution in [0.2, 0.25) is 0 Å². The molecular weight excluding hydrogens is 321 g/mol. The summed E-state index contributed by atoms with van der Waals surface area (Å²) in [5.41, 5.74) is 9.60. The molecule has 0 saturated heterocycles. The Morgan fingerprint density at radius 1 is 0.960 bits per heavy atom. The average Bonchev–Trinajstić information content (AvgIpc) is 3.42. The Hall–Kier alpha value is -3.41. The molecule has 0 fully saturated rings. The van der Waals surface area contributed by atoms with Gasteiger partial charge in [-0.25, -0.2) is 9.37 Å². The van der Waals surface area contributed by atoms with E-state index in [0.717, 1.165) is 5.71 Å². The zero-order valence-electron chi connectivity index (χ0n) is 13.1. The van der Waals surface area contributed by atoms with Crippen LogP contribution in [0.5, 0.6) is 11.5 Å². The molecule has 4 N–H and O–H groups in total. The molecule has 4 rings (SSSR count). The highest BCUT2D eigenvalue weighted by molar-refractivity contribution is 6.17. The fourth-order valence-corrected chi connectivity index (χ4v) is 2.79. The molecule has 6 heteroatoms. The van der Waals surface area contributed by atoms with Crippen LogP contribution in [0.4, 0.5) is 10.2 Å². The first-order valence-electron chi connectivity index (χ1n) is 7.66. The number of rotatable bonds is 3. The molecule has 1 aliphatic rings. The van der Waals surface area contributed by atoms with Crippen LogP contribution in [0.1, 0.15) is 5.56 Å². The van der Waals surface area contributed by atoms with Crippen molar-refractivity contribution in [3.05, 3.63) is 59.9 Å². The predicted octanol–water partition coefficient (Wildman–Crippen LogP) is 3.35. The number of nitrogen functional groups attached to an aromatic ring is 1. The van der Waals surface area contributed by atoms with Gasteiger partial charge in [-0.1, -0.05) is 18.2 Å². The van der Waals surface area contributed by atoms with E-state index in [1.807, 2.05) is 0 Å². The lowest BCUT2D eigenvalue weighted by Crippen LogP contribution is -2.05. The molecule has 0 bridgehead atoms. The van der Waals surface area contributed by atoms with Crippen molar-refractivity contribution in [2.45, 2.75) is 0 Å². The maximum atomic E-state index is 14.3.